The van der Waals surface area contributed by atoms with Crippen LogP contribution in [0.4, 0.5) is 5.95 Å². The molecule has 1 aliphatic rings. The summed E-state index contributed by atoms with van der Waals surface area (Å²) in [5.74, 6) is 2.23. The zero-order valence-electron chi connectivity index (χ0n) is 6.45. The normalized spacial score (nSPS) is 29.9. The number of hydrogen-bond acceptors (Lipinski definition) is 4. The van der Waals surface area contributed by atoms with Crippen LogP contribution in [0.2, 0.25) is 0 Å². The Hall–Kier alpha value is -1.06. The van der Waals surface area contributed by atoms with Gasteiger partial charge in [0.2, 0.25) is 5.89 Å². The maximum Gasteiger partial charge on any atom is 0.260 e. The molecule has 1 fully saturated rings. The van der Waals surface area contributed by atoms with E-state index in [0.717, 1.165) is 18.8 Å². The van der Waals surface area contributed by atoms with Crippen LogP contribution in [0.3, 0.4) is 0 Å². The van der Waals surface area contributed by atoms with Gasteiger partial charge in [0, 0.05) is 5.92 Å². The van der Waals surface area contributed by atoms with Crippen LogP contribution in [-0.4, -0.2) is 10.1 Å². The molecule has 0 aliphatic heterocycles. The van der Waals surface area contributed by atoms with Gasteiger partial charge in [0.05, 0.1) is 0 Å². The molecule has 2 rings (SSSR count). The summed E-state index contributed by atoms with van der Waals surface area (Å²) in [5.41, 5.74) is 5.31. The Balaban J connectivity index is 2.07. The van der Waals surface area contributed by atoms with Crippen LogP contribution < -0.4 is 5.73 Å². The lowest BCUT2D eigenvalue weighted by atomic mass is 9.76. The van der Waals surface area contributed by atoms with E-state index >= 15 is 0 Å². The third-order valence-corrected chi connectivity index (χ3v) is 2.18. The van der Waals surface area contributed by atoms with E-state index in [9.17, 15) is 0 Å². The molecule has 60 valence electrons. The molecule has 1 saturated carbocycles. The number of nitrogen functional groups attached to an aromatic ring is 1. The van der Waals surface area contributed by atoms with Crippen molar-refractivity contribution in [2.45, 2.75) is 25.7 Å². The second-order valence-corrected chi connectivity index (χ2v) is 3.26. The number of anilines is 1. The Labute approximate surface area is 64.8 Å². The van der Waals surface area contributed by atoms with Gasteiger partial charge in [-0.25, -0.2) is 0 Å². The molecule has 1 aromatic heterocycles. The molecule has 0 spiro atoms. The molecule has 4 nitrogen and oxygen atoms in total. The first-order valence-electron chi connectivity index (χ1n) is 3.85. The van der Waals surface area contributed by atoms with E-state index in [1.54, 1.807) is 0 Å². The average Bonchev–Trinajstić information content (AvgIpc) is 2.29. The van der Waals surface area contributed by atoms with Gasteiger partial charge in [-0.3, -0.25) is 0 Å². The lowest BCUT2D eigenvalue weighted by molar-refractivity contribution is 0.227. The van der Waals surface area contributed by atoms with E-state index < -0.39 is 0 Å². The van der Waals surface area contributed by atoms with Crippen molar-refractivity contribution >= 4 is 5.95 Å². The maximum absolute atomic E-state index is 5.31. The van der Waals surface area contributed by atoms with Crippen LogP contribution in [0.5, 0.6) is 0 Å². The first-order chi connectivity index (χ1) is 5.25. The molecule has 4 heteroatoms. The van der Waals surface area contributed by atoms with Crippen molar-refractivity contribution in [2.75, 3.05) is 5.73 Å². The standard InChI is InChI=1S/C7H11N3O/c1-4-2-5(3-4)6-9-7(8)10-11-6/h4-5H,2-3H2,1H3,(H2,8,10). The Bertz CT molecular complexity index is 252. The highest BCUT2D eigenvalue weighted by molar-refractivity contribution is 5.13. The van der Waals surface area contributed by atoms with Crippen molar-refractivity contribution in [1.82, 2.24) is 10.1 Å². The van der Waals surface area contributed by atoms with Crippen LogP contribution >= 0.6 is 0 Å². The van der Waals surface area contributed by atoms with Crippen molar-refractivity contribution in [2.24, 2.45) is 5.92 Å². The Kier molecular flexibility index (Phi) is 1.34. The van der Waals surface area contributed by atoms with Crippen molar-refractivity contribution in [3.63, 3.8) is 0 Å². The Morgan fingerprint density at radius 3 is 2.73 bits per heavy atom. The molecule has 1 aliphatic carbocycles. The molecular weight excluding hydrogens is 142 g/mol. The first kappa shape index (κ1) is 6.64. The second-order valence-electron chi connectivity index (χ2n) is 3.26. The summed E-state index contributed by atoms with van der Waals surface area (Å²) in [6, 6.07) is 0. The van der Waals surface area contributed by atoms with E-state index in [2.05, 4.69) is 17.1 Å². The summed E-state index contributed by atoms with van der Waals surface area (Å²) in [6.45, 7) is 2.22. The van der Waals surface area contributed by atoms with E-state index in [4.69, 9.17) is 10.3 Å². The smallest absolute Gasteiger partial charge is 0.260 e. The minimum absolute atomic E-state index is 0.250. The van der Waals surface area contributed by atoms with Gasteiger partial charge in [0.25, 0.3) is 5.95 Å². The van der Waals surface area contributed by atoms with Crippen molar-refractivity contribution in [3.8, 4) is 0 Å². The lowest BCUT2D eigenvalue weighted by Gasteiger charge is -2.29. The van der Waals surface area contributed by atoms with Crippen molar-refractivity contribution in [3.05, 3.63) is 5.89 Å². The highest BCUT2D eigenvalue weighted by Gasteiger charge is 2.30. The van der Waals surface area contributed by atoms with Crippen LogP contribution in [0.15, 0.2) is 4.52 Å². The Morgan fingerprint density at radius 1 is 1.55 bits per heavy atom. The maximum atomic E-state index is 5.31. The van der Waals surface area contributed by atoms with Gasteiger partial charge in [0.1, 0.15) is 0 Å². The summed E-state index contributed by atoms with van der Waals surface area (Å²) in [5, 5.41) is 3.54. The molecule has 0 saturated heterocycles. The predicted molar refractivity (Wildman–Crippen MR) is 39.8 cm³/mol. The SMILES string of the molecule is CC1CC(c2nc(N)no2)C1. The molecule has 0 amide bonds. The first-order valence-corrected chi connectivity index (χ1v) is 3.85. The number of rotatable bonds is 1. The molecule has 11 heavy (non-hydrogen) atoms. The van der Waals surface area contributed by atoms with Gasteiger partial charge in [-0.1, -0.05) is 6.92 Å². The highest BCUT2D eigenvalue weighted by Crippen LogP contribution is 2.40. The summed E-state index contributed by atoms with van der Waals surface area (Å²) in [7, 11) is 0. The fourth-order valence-electron chi connectivity index (χ4n) is 1.52. The average molecular weight is 153 g/mol. The molecular formula is C7H11N3O. The largest absolute Gasteiger partial charge is 0.365 e. The van der Waals surface area contributed by atoms with Crippen molar-refractivity contribution in [1.29, 1.82) is 0 Å². The van der Waals surface area contributed by atoms with E-state index in [-0.39, 0.29) is 5.95 Å². The quantitative estimate of drug-likeness (QED) is 0.657. The third kappa shape index (κ3) is 1.08. The summed E-state index contributed by atoms with van der Waals surface area (Å²) in [6.07, 6.45) is 2.31. The zero-order chi connectivity index (χ0) is 7.84. The van der Waals surface area contributed by atoms with Gasteiger partial charge in [-0.15, -0.1) is 0 Å². The molecule has 0 bridgehead atoms. The molecule has 0 aromatic carbocycles. The monoisotopic (exact) mass is 153 g/mol. The lowest BCUT2D eigenvalue weighted by Crippen LogP contribution is -2.19. The van der Waals surface area contributed by atoms with Gasteiger partial charge in [0.15, 0.2) is 0 Å². The molecule has 0 radical (unpaired) electrons. The van der Waals surface area contributed by atoms with Gasteiger partial charge < -0.3 is 10.3 Å². The summed E-state index contributed by atoms with van der Waals surface area (Å²) < 4.78 is 4.93. The minimum atomic E-state index is 0.250. The zero-order valence-corrected chi connectivity index (χ0v) is 6.45. The van der Waals surface area contributed by atoms with Gasteiger partial charge in [-0.2, -0.15) is 4.98 Å². The number of aromatic nitrogens is 2. The van der Waals surface area contributed by atoms with Gasteiger partial charge >= 0.3 is 0 Å². The molecule has 1 aromatic rings. The van der Waals surface area contributed by atoms with E-state index in [0.29, 0.717) is 11.8 Å². The van der Waals surface area contributed by atoms with E-state index in [1.165, 1.54) is 0 Å². The number of nitrogens with zero attached hydrogens (tertiary/aromatic N) is 2. The molecule has 0 unspecified atom stereocenters. The van der Waals surface area contributed by atoms with Crippen LogP contribution in [0.1, 0.15) is 31.6 Å². The number of nitrogens with two attached hydrogens (primary N) is 1. The summed E-state index contributed by atoms with van der Waals surface area (Å²) >= 11 is 0. The minimum Gasteiger partial charge on any atom is -0.365 e. The molecule has 0 atom stereocenters. The van der Waals surface area contributed by atoms with Crippen LogP contribution in [-0.2, 0) is 0 Å². The number of hydrogen-bond donors (Lipinski definition) is 1. The summed E-state index contributed by atoms with van der Waals surface area (Å²) in [4.78, 5) is 3.97. The van der Waals surface area contributed by atoms with E-state index in [1.807, 2.05) is 0 Å². The predicted octanol–water partition coefficient (Wildman–Crippen LogP) is 1.17. The van der Waals surface area contributed by atoms with Crippen LogP contribution in [0, 0.1) is 5.92 Å². The van der Waals surface area contributed by atoms with Crippen LogP contribution in [0.25, 0.3) is 0 Å². The Morgan fingerprint density at radius 2 is 2.27 bits per heavy atom. The van der Waals surface area contributed by atoms with Gasteiger partial charge in [-0.05, 0) is 23.9 Å². The topological polar surface area (TPSA) is 64.9 Å². The molecule has 2 N–H and O–H groups in total. The third-order valence-electron chi connectivity index (χ3n) is 2.18. The second kappa shape index (κ2) is 2.22. The van der Waals surface area contributed by atoms with Crippen molar-refractivity contribution < 1.29 is 4.52 Å². The fraction of sp³-hybridized carbons (Fsp3) is 0.714. The highest BCUT2D eigenvalue weighted by atomic mass is 16.5. The fourth-order valence-corrected chi connectivity index (χ4v) is 1.52. The molecule has 1 heterocycles.